The van der Waals surface area contributed by atoms with E-state index in [1.165, 1.54) is 16.8 Å². The number of rotatable bonds is 3. The summed E-state index contributed by atoms with van der Waals surface area (Å²) in [4.78, 5) is 22.2. The van der Waals surface area contributed by atoms with E-state index in [0.717, 1.165) is 25.7 Å². The molecule has 0 atom stereocenters. The molecule has 19 heavy (non-hydrogen) atoms. The first kappa shape index (κ1) is 13.9. The van der Waals surface area contributed by atoms with E-state index in [-0.39, 0.29) is 23.0 Å². The van der Waals surface area contributed by atoms with Gasteiger partial charge in [-0.15, -0.1) is 11.6 Å². The average Bonchev–Trinajstić information content (AvgIpc) is 2.74. The van der Waals surface area contributed by atoms with Gasteiger partial charge in [-0.3, -0.25) is 14.9 Å². The van der Waals surface area contributed by atoms with Crippen molar-refractivity contribution in [3.05, 3.63) is 28.1 Å². The van der Waals surface area contributed by atoms with Crippen molar-refractivity contribution in [1.82, 2.24) is 9.88 Å². The van der Waals surface area contributed by atoms with E-state index in [0.29, 0.717) is 5.69 Å². The van der Waals surface area contributed by atoms with Crippen molar-refractivity contribution in [3.63, 3.8) is 0 Å². The minimum absolute atomic E-state index is 0.0721. The Labute approximate surface area is 115 Å². The Hall–Kier alpha value is -1.56. The van der Waals surface area contributed by atoms with Gasteiger partial charge in [-0.1, -0.05) is 0 Å². The summed E-state index contributed by atoms with van der Waals surface area (Å²) in [6, 6.07) is 1.40. The Balaban J connectivity index is 2.02. The molecule has 1 aromatic heterocycles. The van der Waals surface area contributed by atoms with Gasteiger partial charge in [-0.05, 0) is 25.7 Å². The van der Waals surface area contributed by atoms with Crippen molar-refractivity contribution >= 4 is 23.2 Å². The maximum absolute atomic E-state index is 12.1. The minimum atomic E-state index is -0.504. The predicted molar refractivity (Wildman–Crippen MR) is 71.4 cm³/mol. The molecule has 1 aliphatic rings. The Kier molecular flexibility index (Phi) is 4.09. The highest BCUT2D eigenvalue weighted by atomic mass is 35.5. The maximum Gasteiger partial charge on any atom is 0.287 e. The minimum Gasteiger partial charge on any atom is -0.348 e. The summed E-state index contributed by atoms with van der Waals surface area (Å²) in [6.45, 7) is 0. The topological polar surface area (TPSA) is 77.2 Å². The summed E-state index contributed by atoms with van der Waals surface area (Å²) in [5.41, 5.74) is 0.233. The number of halogens is 1. The first-order chi connectivity index (χ1) is 8.97. The fraction of sp³-hybridized carbons (Fsp3) is 0.583. The van der Waals surface area contributed by atoms with Crippen molar-refractivity contribution < 1.29 is 9.72 Å². The van der Waals surface area contributed by atoms with Crippen molar-refractivity contribution in [2.24, 2.45) is 7.05 Å². The molecule has 1 aliphatic carbocycles. The third-order valence-corrected chi connectivity index (χ3v) is 3.86. The van der Waals surface area contributed by atoms with Crippen LogP contribution in [0.5, 0.6) is 0 Å². The number of amides is 1. The molecule has 0 aliphatic heterocycles. The van der Waals surface area contributed by atoms with Crippen LogP contribution in [-0.4, -0.2) is 26.8 Å². The molecule has 1 amide bonds. The van der Waals surface area contributed by atoms with Gasteiger partial charge >= 0.3 is 0 Å². The van der Waals surface area contributed by atoms with Crippen molar-refractivity contribution in [2.75, 3.05) is 0 Å². The maximum atomic E-state index is 12.1. The number of nitrogens with one attached hydrogen (secondary N) is 1. The average molecular weight is 286 g/mol. The van der Waals surface area contributed by atoms with E-state index in [1.807, 2.05) is 0 Å². The zero-order valence-electron chi connectivity index (χ0n) is 10.6. The summed E-state index contributed by atoms with van der Waals surface area (Å²) < 4.78 is 1.47. The summed E-state index contributed by atoms with van der Waals surface area (Å²) in [5, 5.41) is 13.8. The Morgan fingerprint density at radius 2 is 2.11 bits per heavy atom. The van der Waals surface area contributed by atoms with Crippen molar-refractivity contribution in [2.45, 2.75) is 37.1 Å². The molecule has 1 fully saturated rings. The second kappa shape index (κ2) is 5.61. The van der Waals surface area contributed by atoms with Gasteiger partial charge in [0.1, 0.15) is 5.69 Å². The summed E-state index contributed by atoms with van der Waals surface area (Å²) in [5.74, 6) is -0.270. The van der Waals surface area contributed by atoms with Gasteiger partial charge in [0.15, 0.2) is 0 Å². The molecule has 1 saturated carbocycles. The highest BCUT2D eigenvalue weighted by Gasteiger charge is 2.23. The first-order valence-corrected chi connectivity index (χ1v) is 6.66. The van der Waals surface area contributed by atoms with E-state index < -0.39 is 4.92 Å². The monoisotopic (exact) mass is 285 g/mol. The number of alkyl halides is 1. The number of hydrogen-bond acceptors (Lipinski definition) is 3. The highest BCUT2D eigenvalue weighted by molar-refractivity contribution is 6.20. The quantitative estimate of drug-likeness (QED) is 0.525. The van der Waals surface area contributed by atoms with Crippen LogP contribution in [0.25, 0.3) is 0 Å². The lowest BCUT2D eigenvalue weighted by atomic mass is 9.95. The lowest BCUT2D eigenvalue weighted by molar-refractivity contribution is -0.384. The third-order valence-electron chi connectivity index (χ3n) is 3.43. The molecular formula is C12H16ClN3O3. The number of carbonyl (C=O) groups excluding carboxylic acids is 1. The Bertz CT molecular complexity index is 492. The van der Waals surface area contributed by atoms with Gasteiger partial charge in [0, 0.05) is 24.5 Å². The number of nitrogens with zero attached hydrogens (tertiary/aromatic N) is 2. The van der Waals surface area contributed by atoms with Gasteiger partial charge in [0.2, 0.25) is 0 Å². The van der Waals surface area contributed by atoms with Gasteiger partial charge in [-0.25, -0.2) is 0 Å². The summed E-state index contributed by atoms with van der Waals surface area (Å²) >= 11 is 6.01. The predicted octanol–water partition coefficient (Wildman–Crippen LogP) is 2.21. The van der Waals surface area contributed by atoms with Crippen LogP contribution < -0.4 is 5.32 Å². The molecule has 1 heterocycles. The number of aromatic nitrogens is 1. The second-order valence-corrected chi connectivity index (χ2v) is 5.49. The molecule has 1 N–H and O–H groups in total. The molecule has 2 rings (SSSR count). The van der Waals surface area contributed by atoms with E-state index in [2.05, 4.69) is 5.32 Å². The molecule has 0 bridgehead atoms. The zero-order valence-corrected chi connectivity index (χ0v) is 11.4. The lowest BCUT2D eigenvalue weighted by Crippen LogP contribution is -2.38. The Morgan fingerprint density at radius 3 is 2.63 bits per heavy atom. The summed E-state index contributed by atoms with van der Waals surface area (Å²) in [6.07, 6.45) is 4.82. The molecular weight excluding hydrogens is 270 g/mol. The number of aryl methyl sites for hydroxylation is 1. The SMILES string of the molecule is Cn1cc([N+](=O)[O-])cc1C(=O)NC1CCC(Cl)CC1. The molecule has 7 heteroatoms. The van der Waals surface area contributed by atoms with Crippen LogP contribution in [0.3, 0.4) is 0 Å². The molecule has 6 nitrogen and oxygen atoms in total. The van der Waals surface area contributed by atoms with E-state index in [4.69, 9.17) is 11.6 Å². The van der Waals surface area contributed by atoms with Gasteiger partial charge in [-0.2, -0.15) is 0 Å². The van der Waals surface area contributed by atoms with Gasteiger partial charge in [0.05, 0.1) is 11.1 Å². The van der Waals surface area contributed by atoms with Gasteiger partial charge < -0.3 is 9.88 Å². The number of carbonyl (C=O) groups is 1. The van der Waals surface area contributed by atoms with E-state index in [9.17, 15) is 14.9 Å². The van der Waals surface area contributed by atoms with Crippen LogP contribution in [0.1, 0.15) is 36.2 Å². The number of nitro groups is 1. The Morgan fingerprint density at radius 1 is 1.47 bits per heavy atom. The molecule has 104 valence electrons. The fourth-order valence-corrected chi connectivity index (χ4v) is 2.58. The van der Waals surface area contributed by atoms with Crippen molar-refractivity contribution in [1.29, 1.82) is 0 Å². The molecule has 0 saturated heterocycles. The van der Waals surface area contributed by atoms with Crippen molar-refractivity contribution in [3.8, 4) is 0 Å². The highest BCUT2D eigenvalue weighted by Crippen LogP contribution is 2.23. The third kappa shape index (κ3) is 3.26. The largest absolute Gasteiger partial charge is 0.348 e. The van der Waals surface area contributed by atoms with E-state index >= 15 is 0 Å². The molecule has 0 spiro atoms. The zero-order chi connectivity index (χ0) is 14.0. The normalized spacial score (nSPS) is 23.1. The van der Waals surface area contributed by atoms with Crippen LogP contribution in [0, 0.1) is 10.1 Å². The van der Waals surface area contributed by atoms with Crippen LogP contribution >= 0.6 is 11.6 Å². The summed E-state index contributed by atoms with van der Waals surface area (Å²) in [7, 11) is 1.62. The van der Waals surface area contributed by atoms with Crippen LogP contribution in [0.15, 0.2) is 12.3 Å². The van der Waals surface area contributed by atoms with E-state index in [1.54, 1.807) is 7.05 Å². The molecule has 0 aromatic carbocycles. The van der Waals surface area contributed by atoms with Crippen LogP contribution in [0.4, 0.5) is 5.69 Å². The molecule has 0 unspecified atom stereocenters. The standard InChI is InChI=1S/C12H16ClN3O3/c1-15-7-10(16(18)19)6-11(15)12(17)14-9-4-2-8(13)3-5-9/h6-9H,2-5H2,1H3,(H,14,17). The second-order valence-electron chi connectivity index (χ2n) is 4.87. The van der Waals surface area contributed by atoms with Crippen LogP contribution in [0.2, 0.25) is 0 Å². The fourth-order valence-electron chi connectivity index (χ4n) is 2.33. The molecule has 0 radical (unpaired) electrons. The smallest absolute Gasteiger partial charge is 0.287 e. The molecule has 1 aromatic rings. The number of hydrogen-bond donors (Lipinski definition) is 1. The lowest BCUT2D eigenvalue weighted by Gasteiger charge is -2.25. The first-order valence-electron chi connectivity index (χ1n) is 6.23. The van der Waals surface area contributed by atoms with Gasteiger partial charge in [0.25, 0.3) is 11.6 Å². The van der Waals surface area contributed by atoms with Crippen LogP contribution in [-0.2, 0) is 7.05 Å².